The van der Waals surface area contributed by atoms with Crippen molar-refractivity contribution in [3.63, 3.8) is 0 Å². The molecular formula is C17H25BrFN. The molecule has 0 spiro atoms. The van der Waals surface area contributed by atoms with Gasteiger partial charge in [-0.1, -0.05) is 29.8 Å². The van der Waals surface area contributed by atoms with Gasteiger partial charge in [-0.2, -0.15) is 0 Å². The van der Waals surface area contributed by atoms with Crippen LogP contribution in [0.15, 0.2) is 22.7 Å². The van der Waals surface area contributed by atoms with E-state index in [1.54, 1.807) is 6.07 Å². The van der Waals surface area contributed by atoms with Gasteiger partial charge < -0.3 is 5.73 Å². The van der Waals surface area contributed by atoms with Crippen LogP contribution in [0.4, 0.5) is 4.39 Å². The standard InChI is InChI=1S/C17H25BrFN/c1-11(2)13-3-5-14(6-4-13)17(20)9-12-7-15(18)10-16(19)8-12/h7-8,10-11,13-14,17H,3-6,9,20H2,1-2H3. The zero-order chi connectivity index (χ0) is 14.7. The van der Waals surface area contributed by atoms with E-state index in [0.29, 0.717) is 5.92 Å². The molecule has 1 atom stereocenters. The molecule has 1 unspecified atom stereocenters. The zero-order valence-corrected chi connectivity index (χ0v) is 14.0. The van der Waals surface area contributed by atoms with Gasteiger partial charge in [0.25, 0.3) is 0 Å². The Morgan fingerprint density at radius 3 is 2.30 bits per heavy atom. The third-order valence-electron chi connectivity index (χ3n) is 4.76. The van der Waals surface area contributed by atoms with Gasteiger partial charge in [0.1, 0.15) is 5.82 Å². The summed E-state index contributed by atoms with van der Waals surface area (Å²) in [5, 5.41) is 0. The quantitative estimate of drug-likeness (QED) is 0.826. The fraction of sp³-hybridized carbons (Fsp3) is 0.647. The molecule has 0 aromatic heterocycles. The molecule has 0 radical (unpaired) electrons. The van der Waals surface area contributed by atoms with Crippen LogP contribution in [0.25, 0.3) is 0 Å². The van der Waals surface area contributed by atoms with Crippen LogP contribution in [-0.4, -0.2) is 6.04 Å². The molecule has 1 aliphatic carbocycles. The maximum Gasteiger partial charge on any atom is 0.124 e. The Morgan fingerprint density at radius 2 is 1.75 bits per heavy atom. The van der Waals surface area contributed by atoms with Crippen molar-refractivity contribution in [2.24, 2.45) is 23.5 Å². The minimum atomic E-state index is -0.190. The Kier molecular flexibility index (Phi) is 5.62. The molecule has 2 N–H and O–H groups in total. The highest BCUT2D eigenvalue weighted by Crippen LogP contribution is 2.35. The summed E-state index contributed by atoms with van der Waals surface area (Å²) in [5.41, 5.74) is 7.36. The first-order valence-corrected chi connectivity index (χ1v) is 8.45. The summed E-state index contributed by atoms with van der Waals surface area (Å²) in [7, 11) is 0. The van der Waals surface area contributed by atoms with Crippen molar-refractivity contribution in [2.45, 2.75) is 52.0 Å². The second kappa shape index (κ2) is 7.04. The van der Waals surface area contributed by atoms with Crippen molar-refractivity contribution >= 4 is 15.9 Å². The summed E-state index contributed by atoms with van der Waals surface area (Å²) in [6.07, 6.45) is 5.81. The van der Waals surface area contributed by atoms with Crippen LogP contribution in [0.1, 0.15) is 45.1 Å². The van der Waals surface area contributed by atoms with E-state index in [9.17, 15) is 4.39 Å². The first kappa shape index (κ1) is 16.0. The molecule has 1 aromatic carbocycles. The van der Waals surface area contributed by atoms with Crippen LogP contribution in [0.5, 0.6) is 0 Å². The van der Waals surface area contributed by atoms with Crippen molar-refractivity contribution < 1.29 is 4.39 Å². The molecule has 0 bridgehead atoms. The van der Waals surface area contributed by atoms with Crippen molar-refractivity contribution in [1.29, 1.82) is 0 Å². The second-order valence-corrected chi connectivity index (χ2v) is 7.48. The molecule has 0 heterocycles. The van der Waals surface area contributed by atoms with E-state index < -0.39 is 0 Å². The molecule has 0 saturated heterocycles. The predicted molar refractivity (Wildman–Crippen MR) is 86.1 cm³/mol. The average molecular weight is 342 g/mol. The number of rotatable bonds is 4. The lowest BCUT2D eigenvalue weighted by atomic mass is 9.74. The normalized spacial score (nSPS) is 24.9. The lowest BCUT2D eigenvalue weighted by molar-refractivity contribution is 0.202. The summed E-state index contributed by atoms with van der Waals surface area (Å²) in [6, 6.07) is 5.22. The maximum absolute atomic E-state index is 13.4. The summed E-state index contributed by atoms with van der Waals surface area (Å²) >= 11 is 3.34. The molecule has 3 heteroatoms. The monoisotopic (exact) mass is 341 g/mol. The molecule has 1 fully saturated rings. The van der Waals surface area contributed by atoms with E-state index in [1.165, 1.54) is 31.7 Å². The SMILES string of the molecule is CC(C)C1CCC(C(N)Cc2cc(F)cc(Br)c2)CC1. The summed E-state index contributed by atoms with van der Waals surface area (Å²) < 4.78 is 14.2. The number of halogens is 2. The fourth-order valence-electron chi connectivity index (χ4n) is 3.41. The van der Waals surface area contributed by atoms with Gasteiger partial charge in [0.2, 0.25) is 0 Å². The van der Waals surface area contributed by atoms with Gasteiger partial charge in [-0.05, 0) is 73.6 Å². The molecule has 112 valence electrons. The first-order valence-electron chi connectivity index (χ1n) is 7.66. The Balaban J connectivity index is 1.91. The summed E-state index contributed by atoms with van der Waals surface area (Å²) in [5.74, 6) is 2.05. The van der Waals surface area contributed by atoms with Crippen LogP contribution in [0.2, 0.25) is 0 Å². The maximum atomic E-state index is 13.4. The van der Waals surface area contributed by atoms with Crippen molar-refractivity contribution in [1.82, 2.24) is 0 Å². The van der Waals surface area contributed by atoms with Gasteiger partial charge in [0.05, 0.1) is 0 Å². The van der Waals surface area contributed by atoms with Crippen LogP contribution in [0.3, 0.4) is 0 Å². The van der Waals surface area contributed by atoms with Gasteiger partial charge >= 0.3 is 0 Å². The third kappa shape index (κ3) is 4.29. The lowest BCUT2D eigenvalue weighted by Gasteiger charge is -2.34. The Hall–Kier alpha value is -0.410. The van der Waals surface area contributed by atoms with E-state index in [4.69, 9.17) is 5.73 Å². The van der Waals surface area contributed by atoms with Crippen molar-refractivity contribution in [3.05, 3.63) is 34.1 Å². The molecule has 1 aromatic rings. The van der Waals surface area contributed by atoms with Crippen LogP contribution >= 0.6 is 15.9 Å². The number of hydrogen-bond acceptors (Lipinski definition) is 1. The highest BCUT2D eigenvalue weighted by molar-refractivity contribution is 9.10. The van der Waals surface area contributed by atoms with Crippen molar-refractivity contribution in [2.75, 3.05) is 0 Å². The Morgan fingerprint density at radius 1 is 1.15 bits per heavy atom. The van der Waals surface area contributed by atoms with Gasteiger partial charge in [-0.15, -0.1) is 0 Å². The number of hydrogen-bond donors (Lipinski definition) is 1. The number of benzene rings is 1. The first-order chi connectivity index (χ1) is 9.45. The Labute approximate surface area is 130 Å². The second-order valence-electron chi connectivity index (χ2n) is 6.56. The van der Waals surface area contributed by atoms with Gasteiger partial charge in [-0.3, -0.25) is 0 Å². The van der Waals surface area contributed by atoms with Crippen LogP contribution in [-0.2, 0) is 6.42 Å². The minimum absolute atomic E-state index is 0.150. The average Bonchev–Trinajstić information content (AvgIpc) is 2.37. The molecule has 20 heavy (non-hydrogen) atoms. The van der Waals surface area contributed by atoms with Crippen molar-refractivity contribution in [3.8, 4) is 0 Å². The lowest BCUT2D eigenvalue weighted by Crippen LogP contribution is -2.35. The van der Waals surface area contributed by atoms with Gasteiger partial charge in [-0.25, -0.2) is 4.39 Å². The predicted octanol–water partition coefficient (Wildman–Crippen LogP) is 4.92. The molecule has 1 saturated carbocycles. The highest BCUT2D eigenvalue weighted by Gasteiger charge is 2.27. The summed E-state index contributed by atoms with van der Waals surface area (Å²) in [6.45, 7) is 4.63. The van der Waals surface area contributed by atoms with E-state index in [0.717, 1.165) is 28.3 Å². The van der Waals surface area contributed by atoms with E-state index in [-0.39, 0.29) is 11.9 Å². The molecule has 0 amide bonds. The molecule has 2 rings (SSSR count). The Bertz CT molecular complexity index is 418. The van der Waals surface area contributed by atoms with Crippen LogP contribution < -0.4 is 5.73 Å². The largest absolute Gasteiger partial charge is 0.327 e. The zero-order valence-electron chi connectivity index (χ0n) is 12.4. The van der Waals surface area contributed by atoms with Crippen LogP contribution in [0, 0.1) is 23.6 Å². The molecule has 1 nitrogen and oxygen atoms in total. The molecule has 0 aliphatic heterocycles. The third-order valence-corrected chi connectivity index (χ3v) is 5.22. The smallest absolute Gasteiger partial charge is 0.124 e. The van der Waals surface area contributed by atoms with E-state index in [2.05, 4.69) is 29.8 Å². The fourth-order valence-corrected chi connectivity index (χ4v) is 3.92. The number of nitrogens with two attached hydrogens (primary N) is 1. The van der Waals surface area contributed by atoms with Gasteiger partial charge in [0.15, 0.2) is 0 Å². The summed E-state index contributed by atoms with van der Waals surface area (Å²) in [4.78, 5) is 0. The highest BCUT2D eigenvalue weighted by atomic mass is 79.9. The van der Waals surface area contributed by atoms with E-state index in [1.807, 2.05) is 6.07 Å². The molecule has 1 aliphatic rings. The van der Waals surface area contributed by atoms with E-state index >= 15 is 0 Å². The molecular weight excluding hydrogens is 317 g/mol. The topological polar surface area (TPSA) is 26.0 Å². The van der Waals surface area contributed by atoms with Gasteiger partial charge in [0, 0.05) is 10.5 Å². The minimum Gasteiger partial charge on any atom is -0.327 e.